The van der Waals surface area contributed by atoms with E-state index < -0.39 is 0 Å². The van der Waals surface area contributed by atoms with Gasteiger partial charge in [0.1, 0.15) is 6.61 Å². The molecular formula is C26H32N2O3S. The third-order valence-corrected chi connectivity index (χ3v) is 6.17. The average molecular weight is 453 g/mol. The van der Waals surface area contributed by atoms with Crippen LogP contribution in [0.2, 0.25) is 0 Å². The van der Waals surface area contributed by atoms with E-state index in [4.69, 9.17) is 21.7 Å². The fraction of sp³-hybridized carbons (Fsp3) is 0.385. The Morgan fingerprint density at radius 2 is 1.88 bits per heavy atom. The first-order valence-electron chi connectivity index (χ1n) is 10.9. The lowest BCUT2D eigenvalue weighted by Gasteiger charge is -2.37. The molecule has 0 saturated heterocycles. The molecule has 0 radical (unpaired) electrons. The second-order valence-electron chi connectivity index (χ2n) is 8.22. The van der Waals surface area contributed by atoms with Crippen LogP contribution in [0.25, 0.3) is 0 Å². The van der Waals surface area contributed by atoms with Crippen molar-refractivity contribution >= 4 is 23.1 Å². The molecule has 5 nitrogen and oxygen atoms in total. The van der Waals surface area contributed by atoms with Gasteiger partial charge in [-0.05, 0) is 75.2 Å². The quantitative estimate of drug-likeness (QED) is 0.542. The van der Waals surface area contributed by atoms with Gasteiger partial charge >= 0.3 is 0 Å². The van der Waals surface area contributed by atoms with Gasteiger partial charge in [0.05, 0.1) is 13.2 Å². The molecule has 2 aromatic carbocycles. The number of ketones is 1. The summed E-state index contributed by atoms with van der Waals surface area (Å²) < 4.78 is 11.7. The van der Waals surface area contributed by atoms with E-state index in [1.165, 1.54) is 11.1 Å². The van der Waals surface area contributed by atoms with E-state index in [0.29, 0.717) is 23.2 Å². The maximum Gasteiger partial charge on any atom is 0.173 e. The van der Waals surface area contributed by atoms with Gasteiger partial charge in [0.2, 0.25) is 0 Å². The molecule has 6 heteroatoms. The minimum atomic E-state index is -0.324. The highest BCUT2D eigenvalue weighted by molar-refractivity contribution is 7.80. The Morgan fingerprint density at radius 3 is 2.53 bits per heavy atom. The summed E-state index contributed by atoms with van der Waals surface area (Å²) in [5.41, 5.74) is 6.06. The minimum Gasteiger partial charge on any atom is -0.493 e. The van der Waals surface area contributed by atoms with Gasteiger partial charge in [0.15, 0.2) is 22.4 Å². The monoisotopic (exact) mass is 452 g/mol. The van der Waals surface area contributed by atoms with E-state index >= 15 is 0 Å². The number of benzene rings is 2. The number of carbonyl (C=O) groups is 1. The largest absolute Gasteiger partial charge is 0.493 e. The van der Waals surface area contributed by atoms with Crippen LogP contribution in [0.4, 0.5) is 0 Å². The van der Waals surface area contributed by atoms with Crippen LogP contribution in [0.5, 0.6) is 11.5 Å². The minimum absolute atomic E-state index is 0.0258. The number of nitrogens with one attached hydrogen (secondary N) is 1. The highest BCUT2D eigenvalue weighted by Gasteiger charge is 2.32. The molecule has 0 bridgehead atoms. The normalized spacial score (nSPS) is 16.1. The summed E-state index contributed by atoms with van der Waals surface area (Å²) in [7, 11) is 1.62. The summed E-state index contributed by atoms with van der Waals surface area (Å²) >= 11 is 5.61. The lowest BCUT2D eigenvalue weighted by molar-refractivity contribution is -0.114. The highest BCUT2D eigenvalue weighted by atomic mass is 32.1. The van der Waals surface area contributed by atoms with Crippen molar-refractivity contribution in [1.29, 1.82) is 0 Å². The van der Waals surface area contributed by atoms with Gasteiger partial charge in [-0.25, -0.2) is 0 Å². The fourth-order valence-corrected chi connectivity index (χ4v) is 4.42. The Balaban J connectivity index is 1.91. The summed E-state index contributed by atoms with van der Waals surface area (Å²) in [4.78, 5) is 14.6. The Hall–Kier alpha value is -2.86. The molecule has 170 valence electrons. The Labute approximate surface area is 196 Å². The van der Waals surface area contributed by atoms with Crippen molar-refractivity contribution in [3.05, 3.63) is 69.9 Å². The fourth-order valence-electron chi connectivity index (χ4n) is 4.08. The van der Waals surface area contributed by atoms with Crippen molar-refractivity contribution in [2.24, 2.45) is 0 Å². The standard InChI is InChI=1S/C26H32N2O3S/c1-7-12-28-18(4)24(19(5)29)25(27-26(28)32)20-10-11-22(23(14-20)30-6)31-15-21-13-16(2)8-9-17(21)3/h8-11,13-14,25H,7,12,15H2,1-6H3,(H,27,32). The summed E-state index contributed by atoms with van der Waals surface area (Å²) in [5.74, 6) is 1.31. The Bertz CT molecular complexity index is 1060. The SMILES string of the molecule is CCCN1C(=S)NC(c2ccc(OCc3cc(C)ccc3C)c(OC)c2)C(C(C)=O)=C1C. The zero-order valence-corrected chi connectivity index (χ0v) is 20.6. The molecule has 0 aromatic heterocycles. The zero-order valence-electron chi connectivity index (χ0n) is 19.7. The van der Waals surface area contributed by atoms with Crippen molar-refractivity contribution in [3.8, 4) is 11.5 Å². The first kappa shape index (κ1) is 23.8. The van der Waals surface area contributed by atoms with Crippen LogP contribution < -0.4 is 14.8 Å². The van der Waals surface area contributed by atoms with Crippen LogP contribution in [0.3, 0.4) is 0 Å². The van der Waals surface area contributed by atoms with Gasteiger partial charge in [0, 0.05) is 17.8 Å². The molecule has 0 saturated carbocycles. The van der Waals surface area contributed by atoms with Gasteiger partial charge in [-0.15, -0.1) is 0 Å². The molecule has 0 spiro atoms. The number of methoxy groups -OCH3 is 1. The smallest absolute Gasteiger partial charge is 0.173 e. The van der Waals surface area contributed by atoms with E-state index in [9.17, 15) is 4.79 Å². The number of allylic oxidation sites excluding steroid dienone is 1. The summed E-state index contributed by atoms with van der Waals surface area (Å²) in [6.07, 6.45) is 0.940. The highest BCUT2D eigenvalue weighted by Crippen LogP contribution is 2.36. The lowest BCUT2D eigenvalue weighted by atomic mass is 9.92. The maximum atomic E-state index is 12.6. The number of Topliss-reactive ketones (excluding diaryl/α,β-unsaturated/α-hetero) is 1. The molecule has 1 heterocycles. The Morgan fingerprint density at radius 1 is 1.12 bits per heavy atom. The Kier molecular flexibility index (Phi) is 7.56. The third-order valence-electron chi connectivity index (χ3n) is 5.83. The predicted octanol–water partition coefficient (Wildman–Crippen LogP) is 5.40. The first-order chi connectivity index (χ1) is 15.3. The third kappa shape index (κ3) is 4.96. The molecule has 0 aliphatic carbocycles. The van der Waals surface area contributed by atoms with E-state index in [0.717, 1.165) is 35.4 Å². The number of thiocarbonyl (C=S) groups is 1. The van der Waals surface area contributed by atoms with Crippen molar-refractivity contribution < 1.29 is 14.3 Å². The molecule has 0 amide bonds. The molecule has 1 unspecified atom stereocenters. The molecule has 1 aliphatic heterocycles. The molecule has 1 N–H and O–H groups in total. The number of ether oxygens (including phenoxy) is 2. The maximum absolute atomic E-state index is 12.6. The van der Waals surface area contributed by atoms with Gasteiger partial charge < -0.3 is 19.7 Å². The van der Waals surface area contributed by atoms with Crippen LogP contribution in [0.15, 0.2) is 47.7 Å². The number of aryl methyl sites for hydroxylation is 2. The molecule has 2 aromatic rings. The van der Waals surface area contributed by atoms with Crippen LogP contribution in [-0.2, 0) is 11.4 Å². The van der Waals surface area contributed by atoms with E-state index in [2.05, 4.69) is 44.3 Å². The number of carbonyl (C=O) groups excluding carboxylic acids is 1. The first-order valence-corrected chi connectivity index (χ1v) is 11.3. The molecule has 0 fully saturated rings. The summed E-state index contributed by atoms with van der Waals surface area (Å²) in [5, 5.41) is 3.99. The van der Waals surface area contributed by atoms with Crippen LogP contribution in [0.1, 0.15) is 55.5 Å². The molecule has 1 atom stereocenters. The molecule has 1 aliphatic rings. The van der Waals surface area contributed by atoms with E-state index in [1.54, 1.807) is 14.0 Å². The van der Waals surface area contributed by atoms with Crippen LogP contribution in [0, 0.1) is 13.8 Å². The van der Waals surface area contributed by atoms with Crippen molar-refractivity contribution in [3.63, 3.8) is 0 Å². The van der Waals surface area contributed by atoms with Crippen LogP contribution >= 0.6 is 12.2 Å². The topological polar surface area (TPSA) is 50.8 Å². The summed E-state index contributed by atoms with van der Waals surface area (Å²) in [6.45, 7) is 11.0. The second-order valence-corrected chi connectivity index (χ2v) is 8.61. The van der Waals surface area contributed by atoms with Gasteiger partial charge in [0.25, 0.3) is 0 Å². The van der Waals surface area contributed by atoms with Crippen molar-refractivity contribution in [1.82, 2.24) is 10.2 Å². The second kappa shape index (κ2) is 10.2. The zero-order chi connectivity index (χ0) is 23.4. The number of rotatable bonds is 8. The van der Waals surface area contributed by atoms with Crippen LogP contribution in [-0.4, -0.2) is 29.5 Å². The number of hydrogen-bond acceptors (Lipinski definition) is 4. The van der Waals surface area contributed by atoms with E-state index in [1.807, 2.05) is 30.0 Å². The molecular weight excluding hydrogens is 420 g/mol. The average Bonchev–Trinajstić information content (AvgIpc) is 2.76. The molecule has 3 rings (SSSR count). The number of nitrogens with zero attached hydrogens (tertiary/aromatic N) is 1. The van der Waals surface area contributed by atoms with E-state index in [-0.39, 0.29) is 11.8 Å². The molecule has 32 heavy (non-hydrogen) atoms. The van der Waals surface area contributed by atoms with Crippen molar-refractivity contribution in [2.45, 2.75) is 53.7 Å². The summed E-state index contributed by atoms with van der Waals surface area (Å²) in [6, 6.07) is 11.8. The number of hydrogen-bond donors (Lipinski definition) is 1. The lowest BCUT2D eigenvalue weighted by Crippen LogP contribution is -2.47. The van der Waals surface area contributed by atoms with Crippen molar-refractivity contribution in [2.75, 3.05) is 13.7 Å². The van der Waals surface area contributed by atoms with Gasteiger partial charge in [-0.1, -0.05) is 36.8 Å². The van der Waals surface area contributed by atoms with Gasteiger partial charge in [-0.2, -0.15) is 0 Å². The van der Waals surface area contributed by atoms with Gasteiger partial charge in [-0.3, -0.25) is 4.79 Å². The predicted molar refractivity (Wildman–Crippen MR) is 132 cm³/mol.